The molecule has 0 heterocycles. The molecule has 3 nitrogen and oxygen atoms in total. The maximum atomic E-state index is 8.17. The molecule has 0 spiro atoms. The van der Waals surface area contributed by atoms with E-state index in [0.29, 0.717) is 0 Å². The lowest BCUT2D eigenvalue weighted by atomic mass is 10.4. The molecule has 0 atom stereocenters. The van der Waals surface area contributed by atoms with Crippen LogP contribution >= 0.6 is 37.2 Å². The fraction of sp³-hybridized carbons (Fsp3) is 1.00. The zero-order valence-corrected chi connectivity index (χ0v) is 7.01. The quantitative estimate of drug-likeness (QED) is 0.570. The highest BCUT2D eigenvalue weighted by Gasteiger charge is 1.93. The lowest BCUT2D eigenvalue weighted by Gasteiger charge is -1.96. The summed E-state index contributed by atoms with van der Waals surface area (Å²) >= 11 is 0. The van der Waals surface area contributed by atoms with E-state index in [2.05, 4.69) is 0 Å². The van der Waals surface area contributed by atoms with E-state index in [-0.39, 0.29) is 50.4 Å². The first-order chi connectivity index (χ1) is 2.81. The normalized spacial score (nSPS) is 6.67. The first-order valence-electron chi connectivity index (χ1n) is 1.71. The van der Waals surface area contributed by atoms with Gasteiger partial charge in [0.05, 0.1) is 13.2 Å². The molecule has 3 N–H and O–H groups in total. The van der Waals surface area contributed by atoms with Crippen molar-refractivity contribution in [3.63, 3.8) is 0 Å². The van der Waals surface area contributed by atoms with Crippen LogP contribution in [0.15, 0.2) is 0 Å². The van der Waals surface area contributed by atoms with Gasteiger partial charge < -0.3 is 15.3 Å². The number of hydrogen-bond donors (Lipinski definition) is 3. The van der Waals surface area contributed by atoms with E-state index < -0.39 is 6.10 Å². The lowest BCUT2D eigenvalue weighted by molar-refractivity contribution is 0.0450. The van der Waals surface area contributed by atoms with Gasteiger partial charge in [0.15, 0.2) is 0 Å². The van der Waals surface area contributed by atoms with Crippen molar-refractivity contribution in [1.82, 2.24) is 0 Å². The van der Waals surface area contributed by atoms with E-state index >= 15 is 0 Å². The molecule has 0 aliphatic rings. The Kier molecular flexibility index (Phi) is 39.9. The van der Waals surface area contributed by atoms with Crippen molar-refractivity contribution >= 4 is 37.2 Å². The van der Waals surface area contributed by atoms with Crippen LogP contribution < -0.4 is 0 Å². The fourth-order valence-electron chi connectivity index (χ4n) is 0.0577. The highest BCUT2D eigenvalue weighted by atomic mass is 35.5. The topological polar surface area (TPSA) is 60.7 Å². The van der Waals surface area contributed by atoms with Gasteiger partial charge in [0.25, 0.3) is 0 Å². The molecule has 0 radical (unpaired) electrons. The first kappa shape index (κ1) is 22.6. The molecule has 0 aliphatic heterocycles. The van der Waals surface area contributed by atoms with Crippen molar-refractivity contribution < 1.29 is 15.3 Å². The van der Waals surface area contributed by atoms with Crippen LogP contribution in [-0.4, -0.2) is 34.6 Å². The Hall–Kier alpha value is 0.750. The van der Waals surface area contributed by atoms with Gasteiger partial charge in [-0.3, -0.25) is 0 Å². The van der Waals surface area contributed by atoms with Gasteiger partial charge in [-0.1, -0.05) is 0 Å². The summed E-state index contributed by atoms with van der Waals surface area (Å²) in [5.74, 6) is 0. The maximum absolute atomic E-state index is 8.17. The van der Waals surface area contributed by atoms with Crippen LogP contribution in [0.2, 0.25) is 0 Å². The molecule has 0 saturated heterocycles. The summed E-state index contributed by atoms with van der Waals surface area (Å²) in [6.07, 6.45) is -0.954. The van der Waals surface area contributed by atoms with Crippen molar-refractivity contribution in [3.8, 4) is 0 Å². The summed E-state index contributed by atoms with van der Waals surface area (Å²) in [6.45, 7) is -0.729. The standard InChI is InChI=1S/C3H8O3.3ClH/c4-1-3(6)2-5;;;/h3-6H,1-2H2;3*1H. The summed E-state index contributed by atoms with van der Waals surface area (Å²) in [7, 11) is 0. The van der Waals surface area contributed by atoms with E-state index in [9.17, 15) is 0 Å². The van der Waals surface area contributed by atoms with Crippen molar-refractivity contribution in [3.05, 3.63) is 0 Å². The van der Waals surface area contributed by atoms with Gasteiger partial charge in [0.2, 0.25) is 0 Å². The van der Waals surface area contributed by atoms with Crippen molar-refractivity contribution in [2.24, 2.45) is 0 Å². The average Bonchev–Trinajstić information content (AvgIpc) is 1.65. The minimum Gasteiger partial charge on any atom is -0.394 e. The van der Waals surface area contributed by atoms with E-state index in [0.717, 1.165) is 0 Å². The van der Waals surface area contributed by atoms with Crippen LogP contribution in [0.5, 0.6) is 0 Å². The van der Waals surface area contributed by atoms with Gasteiger partial charge in [0, 0.05) is 0 Å². The molecule has 6 heteroatoms. The van der Waals surface area contributed by atoms with Gasteiger partial charge in [-0.15, -0.1) is 37.2 Å². The fourth-order valence-corrected chi connectivity index (χ4v) is 0.0577. The highest BCUT2D eigenvalue weighted by molar-refractivity contribution is 5.86. The van der Waals surface area contributed by atoms with Gasteiger partial charge in [-0.2, -0.15) is 0 Å². The SMILES string of the molecule is Cl.Cl.Cl.OCC(O)CO. The third kappa shape index (κ3) is 17.7. The predicted molar refractivity (Wildman–Crippen MR) is 41.9 cm³/mol. The van der Waals surface area contributed by atoms with Crippen molar-refractivity contribution in [1.29, 1.82) is 0 Å². The zero-order chi connectivity index (χ0) is 4.99. The van der Waals surface area contributed by atoms with Crippen LogP contribution in [0.3, 0.4) is 0 Å². The lowest BCUT2D eigenvalue weighted by Crippen LogP contribution is -2.15. The summed E-state index contributed by atoms with van der Waals surface area (Å²) in [6, 6.07) is 0. The molecular formula is C3H11Cl3O3. The van der Waals surface area contributed by atoms with Crippen LogP contribution in [0, 0.1) is 0 Å². The average molecular weight is 201 g/mol. The molecule has 0 aromatic carbocycles. The second-order valence-corrected chi connectivity index (χ2v) is 1.02. The molecule has 0 bridgehead atoms. The van der Waals surface area contributed by atoms with E-state index in [4.69, 9.17) is 15.3 Å². The maximum Gasteiger partial charge on any atom is 0.100 e. The molecule has 0 unspecified atom stereocenters. The van der Waals surface area contributed by atoms with Crippen LogP contribution in [-0.2, 0) is 0 Å². The number of aliphatic hydroxyl groups is 3. The Balaban J connectivity index is -0.0000000417. The van der Waals surface area contributed by atoms with E-state index in [1.54, 1.807) is 0 Å². The molecule has 0 fully saturated rings. The summed E-state index contributed by atoms with van der Waals surface area (Å²) < 4.78 is 0. The van der Waals surface area contributed by atoms with Crippen LogP contribution in [0.1, 0.15) is 0 Å². The Bertz CT molecular complexity index is 33.5. The molecule has 0 saturated carbocycles. The molecule has 0 rings (SSSR count). The Morgan fingerprint density at radius 2 is 1.11 bits per heavy atom. The Morgan fingerprint density at radius 3 is 1.11 bits per heavy atom. The van der Waals surface area contributed by atoms with E-state index in [1.807, 2.05) is 0 Å². The molecule has 0 aromatic rings. The van der Waals surface area contributed by atoms with Gasteiger partial charge >= 0.3 is 0 Å². The number of aliphatic hydroxyl groups excluding tert-OH is 3. The van der Waals surface area contributed by atoms with Gasteiger partial charge in [0.1, 0.15) is 6.10 Å². The van der Waals surface area contributed by atoms with Crippen LogP contribution in [0.4, 0.5) is 0 Å². The smallest absolute Gasteiger partial charge is 0.100 e. The zero-order valence-electron chi connectivity index (χ0n) is 4.56. The van der Waals surface area contributed by atoms with Gasteiger partial charge in [-0.25, -0.2) is 0 Å². The summed E-state index contributed by atoms with van der Waals surface area (Å²) in [5, 5.41) is 24.0. The summed E-state index contributed by atoms with van der Waals surface area (Å²) in [4.78, 5) is 0. The number of rotatable bonds is 2. The third-order valence-corrected chi connectivity index (χ3v) is 0.421. The number of halogens is 3. The molecule has 62 valence electrons. The highest BCUT2D eigenvalue weighted by Crippen LogP contribution is 1.71. The van der Waals surface area contributed by atoms with E-state index in [1.165, 1.54) is 0 Å². The second kappa shape index (κ2) is 15.9. The molecule has 9 heavy (non-hydrogen) atoms. The Labute approximate surface area is 72.3 Å². The molecule has 0 aliphatic carbocycles. The van der Waals surface area contributed by atoms with Crippen LogP contribution in [0.25, 0.3) is 0 Å². The third-order valence-electron chi connectivity index (χ3n) is 0.421. The van der Waals surface area contributed by atoms with Crippen molar-refractivity contribution in [2.45, 2.75) is 6.10 Å². The minimum atomic E-state index is -0.954. The summed E-state index contributed by atoms with van der Waals surface area (Å²) in [5.41, 5.74) is 0. The monoisotopic (exact) mass is 200 g/mol. The number of hydrogen-bond acceptors (Lipinski definition) is 3. The Morgan fingerprint density at radius 1 is 0.889 bits per heavy atom. The minimum absolute atomic E-state index is 0. The largest absolute Gasteiger partial charge is 0.394 e. The molecular weight excluding hydrogens is 190 g/mol. The predicted octanol–water partition coefficient (Wildman–Crippen LogP) is -0.403. The van der Waals surface area contributed by atoms with Gasteiger partial charge in [-0.05, 0) is 0 Å². The second-order valence-electron chi connectivity index (χ2n) is 1.02. The first-order valence-corrected chi connectivity index (χ1v) is 1.71. The molecule has 0 amide bonds. The van der Waals surface area contributed by atoms with Crippen molar-refractivity contribution in [2.75, 3.05) is 13.2 Å². The molecule has 0 aromatic heterocycles.